The topological polar surface area (TPSA) is 63.1 Å². The van der Waals surface area contributed by atoms with Gasteiger partial charge in [-0.2, -0.15) is 5.10 Å². The number of anilines is 1. The van der Waals surface area contributed by atoms with Gasteiger partial charge in [0.05, 0.1) is 11.7 Å². The average molecular weight is 291 g/mol. The summed E-state index contributed by atoms with van der Waals surface area (Å²) in [6.07, 6.45) is 1.77. The molecule has 1 N–H and O–H groups in total. The zero-order chi connectivity index (χ0) is 14.3. The summed E-state index contributed by atoms with van der Waals surface area (Å²) in [5.41, 5.74) is 1.55. The molecule has 106 valence electrons. The lowest BCUT2D eigenvalue weighted by Gasteiger charge is -2.39. The fraction of sp³-hybridized carbons (Fsp3) is 0.462. The van der Waals surface area contributed by atoms with Crippen LogP contribution in [0.2, 0.25) is 0 Å². The lowest BCUT2D eigenvalue weighted by Crippen LogP contribution is -2.59. The molecule has 1 aliphatic heterocycles. The molecule has 1 amide bonds. The number of hydrogen-bond donors (Lipinski definition) is 1. The highest BCUT2D eigenvalue weighted by atomic mass is 32.1. The van der Waals surface area contributed by atoms with Gasteiger partial charge in [-0.05, 0) is 19.9 Å². The van der Waals surface area contributed by atoms with Gasteiger partial charge < -0.3 is 10.2 Å². The van der Waals surface area contributed by atoms with Crippen molar-refractivity contribution in [2.75, 3.05) is 18.0 Å². The Kier molecular flexibility index (Phi) is 3.21. The number of carbonyl (C=O) groups is 1. The Labute approximate surface area is 121 Å². The smallest absolute Gasteiger partial charge is 0.272 e. The Morgan fingerprint density at radius 2 is 2.20 bits per heavy atom. The first-order valence-electron chi connectivity index (χ1n) is 6.52. The van der Waals surface area contributed by atoms with E-state index in [2.05, 4.69) is 27.2 Å². The fourth-order valence-electron chi connectivity index (χ4n) is 2.11. The van der Waals surface area contributed by atoms with Crippen molar-refractivity contribution in [3.63, 3.8) is 0 Å². The monoisotopic (exact) mass is 291 g/mol. The number of nitrogens with one attached hydrogen (secondary N) is 1. The molecule has 20 heavy (non-hydrogen) atoms. The number of rotatable bonds is 3. The summed E-state index contributed by atoms with van der Waals surface area (Å²) in [7, 11) is 1.80. The van der Waals surface area contributed by atoms with Gasteiger partial charge >= 0.3 is 0 Å². The molecule has 0 atom stereocenters. The first-order chi connectivity index (χ1) is 9.52. The van der Waals surface area contributed by atoms with Crippen LogP contribution >= 0.6 is 11.3 Å². The van der Waals surface area contributed by atoms with E-state index in [1.165, 1.54) is 4.88 Å². The van der Waals surface area contributed by atoms with Crippen molar-refractivity contribution < 1.29 is 4.79 Å². The highest BCUT2D eigenvalue weighted by Gasteiger charge is 2.30. The number of hydrogen-bond acceptors (Lipinski definition) is 5. The summed E-state index contributed by atoms with van der Waals surface area (Å²) < 4.78 is 1.63. The van der Waals surface area contributed by atoms with Crippen LogP contribution in [0, 0.1) is 13.8 Å². The van der Waals surface area contributed by atoms with Crippen LogP contribution in [-0.2, 0) is 7.05 Å². The first kappa shape index (κ1) is 13.1. The lowest BCUT2D eigenvalue weighted by molar-refractivity contribution is 0.0924. The molecule has 6 nitrogen and oxygen atoms in total. The lowest BCUT2D eigenvalue weighted by atomic mass is 10.1. The molecule has 1 fully saturated rings. The summed E-state index contributed by atoms with van der Waals surface area (Å²) in [4.78, 5) is 19.9. The Hall–Kier alpha value is -1.89. The molecule has 7 heteroatoms. The maximum atomic E-state index is 11.9. The quantitative estimate of drug-likeness (QED) is 0.920. The van der Waals surface area contributed by atoms with Crippen molar-refractivity contribution in [2.45, 2.75) is 19.9 Å². The molecule has 3 rings (SSSR count). The van der Waals surface area contributed by atoms with Gasteiger partial charge in [0.2, 0.25) is 0 Å². The molecule has 0 unspecified atom stereocenters. The number of amides is 1. The molecule has 0 saturated carbocycles. The van der Waals surface area contributed by atoms with Crippen molar-refractivity contribution in [1.82, 2.24) is 20.1 Å². The van der Waals surface area contributed by atoms with Crippen LogP contribution < -0.4 is 10.2 Å². The Balaban J connectivity index is 1.54. The van der Waals surface area contributed by atoms with Crippen molar-refractivity contribution >= 4 is 22.4 Å². The summed E-state index contributed by atoms with van der Waals surface area (Å²) in [5, 5.41) is 8.13. The van der Waals surface area contributed by atoms with Crippen LogP contribution in [0.5, 0.6) is 0 Å². The van der Waals surface area contributed by atoms with E-state index >= 15 is 0 Å². The predicted molar refractivity (Wildman–Crippen MR) is 78.3 cm³/mol. The second kappa shape index (κ2) is 4.90. The summed E-state index contributed by atoms with van der Waals surface area (Å²) in [6.45, 7) is 5.72. The molecular formula is C13H17N5OS. The number of aryl methyl sites for hydroxylation is 3. The third-order valence-corrected chi connectivity index (χ3v) is 4.58. The molecule has 0 radical (unpaired) electrons. The summed E-state index contributed by atoms with van der Waals surface area (Å²) >= 11 is 1.71. The molecule has 0 aromatic carbocycles. The maximum absolute atomic E-state index is 11.9. The van der Waals surface area contributed by atoms with E-state index in [9.17, 15) is 4.79 Å². The van der Waals surface area contributed by atoms with Gasteiger partial charge in [-0.1, -0.05) is 0 Å². The van der Waals surface area contributed by atoms with E-state index in [4.69, 9.17) is 0 Å². The van der Waals surface area contributed by atoms with E-state index < -0.39 is 0 Å². The number of aromatic nitrogens is 3. The van der Waals surface area contributed by atoms with Gasteiger partial charge in [-0.15, -0.1) is 11.3 Å². The van der Waals surface area contributed by atoms with Gasteiger partial charge in [-0.3, -0.25) is 9.48 Å². The predicted octanol–water partition coefficient (Wildman–Crippen LogP) is 1.11. The number of nitrogens with zero attached hydrogens (tertiary/aromatic N) is 4. The number of carbonyl (C=O) groups excluding carboxylic acids is 1. The standard InChI is InChI=1S/C13H17N5OS/c1-8-9(2)20-13(14-8)18-6-10(7-18)15-12(19)11-4-5-17(3)16-11/h4-5,10H,6-7H2,1-3H3,(H,15,19). The molecule has 3 heterocycles. The molecular weight excluding hydrogens is 274 g/mol. The third kappa shape index (κ3) is 2.40. The molecule has 2 aromatic rings. The Morgan fingerprint density at radius 3 is 2.75 bits per heavy atom. The van der Waals surface area contributed by atoms with Gasteiger partial charge in [0.1, 0.15) is 5.69 Å². The molecule has 0 aliphatic carbocycles. The molecule has 0 spiro atoms. The Morgan fingerprint density at radius 1 is 1.45 bits per heavy atom. The van der Waals surface area contributed by atoms with Crippen LogP contribution in [-0.4, -0.2) is 39.8 Å². The first-order valence-corrected chi connectivity index (χ1v) is 7.34. The van der Waals surface area contributed by atoms with E-state index in [0.717, 1.165) is 23.9 Å². The van der Waals surface area contributed by atoms with Crippen molar-refractivity contribution in [3.8, 4) is 0 Å². The maximum Gasteiger partial charge on any atom is 0.272 e. The van der Waals surface area contributed by atoms with Crippen LogP contribution in [0.15, 0.2) is 12.3 Å². The summed E-state index contributed by atoms with van der Waals surface area (Å²) in [5.74, 6) is -0.109. The average Bonchev–Trinajstić information content (AvgIpc) is 2.91. The zero-order valence-electron chi connectivity index (χ0n) is 11.8. The minimum Gasteiger partial charge on any atom is -0.344 e. The van der Waals surface area contributed by atoms with Gasteiger partial charge in [0.25, 0.3) is 5.91 Å². The van der Waals surface area contributed by atoms with Gasteiger partial charge in [-0.25, -0.2) is 4.98 Å². The minimum atomic E-state index is -0.109. The van der Waals surface area contributed by atoms with E-state index in [-0.39, 0.29) is 11.9 Å². The minimum absolute atomic E-state index is 0.109. The second-order valence-corrected chi connectivity index (χ2v) is 6.27. The van der Waals surface area contributed by atoms with E-state index in [0.29, 0.717) is 5.69 Å². The third-order valence-electron chi connectivity index (χ3n) is 3.45. The molecule has 0 bridgehead atoms. The fourth-order valence-corrected chi connectivity index (χ4v) is 3.04. The normalized spacial score (nSPS) is 15.2. The van der Waals surface area contributed by atoms with Gasteiger partial charge in [0.15, 0.2) is 5.13 Å². The largest absolute Gasteiger partial charge is 0.344 e. The van der Waals surface area contributed by atoms with Crippen LogP contribution in [0.4, 0.5) is 5.13 Å². The van der Waals surface area contributed by atoms with Crippen molar-refractivity contribution in [1.29, 1.82) is 0 Å². The second-order valence-electron chi connectivity index (χ2n) is 5.09. The number of thiazole rings is 1. The van der Waals surface area contributed by atoms with Crippen molar-refractivity contribution in [3.05, 3.63) is 28.5 Å². The molecule has 1 saturated heterocycles. The molecule has 2 aromatic heterocycles. The van der Waals surface area contributed by atoms with Gasteiger partial charge in [0, 0.05) is 31.2 Å². The Bertz CT molecular complexity index is 621. The van der Waals surface area contributed by atoms with Crippen LogP contribution in [0.25, 0.3) is 0 Å². The highest BCUT2D eigenvalue weighted by molar-refractivity contribution is 7.15. The summed E-state index contributed by atoms with van der Waals surface area (Å²) in [6, 6.07) is 1.90. The van der Waals surface area contributed by atoms with Crippen molar-refractivity contribution in [2.24, 2.45) is 7.05 Å². The van der Waals surface area contributed by atoms with Crippen LogP contribution in [0.1, 0.15) is 21.1 Å². The molecule has 1 aliphatic rings. The highest BCUT2D eigenvalue weighted by Crippen LogP contribution is 2.28. The van der Waals surface area contributed by atoms with E-state index in [1.54, 1.807) is 35.3 Å². The van der Waals surface area contributed by atoms with Crippen LogP contribution in [0.3, 0.4) is 0 Å². The SMILES string of the molecule is Cc1nc(N2CC(NC(=O)c3ccn(C)n3)C2)sc1C. The van der Waals surface area contributed by atoms with E-state index in [1.807, 2.05) is 6.92 Å². The zero-order valence-corrected chi connectivity index (χ0v) is 12.6.